The number of carbonyl (C=O) groups is 1. The van der Waals surface area contributed by atoms with E-state index in [1.54, 1.807) is 6.07 Å². The Balaban J connectivity index is 1.57. The molecular weight excluding hydrogens is 244 g/mol. The molecule has 0 amide bonds. The van der Waals surface area contributed by atoms with E-state index in [9.17, 15) is 4.79 Å². The third-order valence-corrected chi connectivity index (χ3v) is 5.09. The standard InChI is InChI=1S/C15H18O4/c16-14(17)12-1-2-13(18-12)19-15-6-9-3-10(7-15)5-11(4-9)8-15/h1-2,9-11H,3-8H2,(H,16,17). The van der Waals surface area contributed by atoms with Crippen molar-refractivity contribution in [2.24, 2.45) is 17.8 Å². The van der Waals surface area contributed by atoms with Crippen LogP contribution in [0.25, 0.3) is 0 Å². The second-order valence-corrected chi connectivity index (χ2v) is 6.63. The highest BCUT2D eigenvalue weighted by molar-refractivity contribution is 5.84. The molecule has 4 fully saturated rings. The predicted octanol–water partition coefficient (Wildman–Crippen LogP) is 3.33. The fourth-order valence-electron chi connectivity index (χ4n) is 4.86. The SMILES string of the molecule is O=C(O)c1ccc(OC23CC4CC(CC(C4)C2)C3)o1. The highest BCUT2D eigenvalue weighted by Crippen LogP contribution is 2.57. The van der Waals surface area contributed by atoms with Crippen molar-refractivity contribution < 1.29 is 19.1 Å². The largest absolute Gasteiger partial charge is 0.475 e. The molecule has 4 nitrogen and oxygen atoms in total. The summed E-state index contributed by atoms with van der Waals surface area (Å²) in [6, 6.07) is 3.11. The lowest BCUT2D eigenvalue weighted by Crippen LogP contribution is -2.53. The number of hydrogen-bond donors (Lipinski definition) is 1. The quantitative estimate of drug-likeness (QED) is 0.907. The minimum Gasteiger partial charge on any atom is -0.475 e. The third kappa shape index (κ3) is 1.85. The van der Waals surface area contributed by atoms with E-state index in [2.05, 4.69) is 0 Å². The van der Waals surface area contributed by atoms with Gasteiger partial charge >= 0.3 is 5.97 Å². The summed E-state index contributed by atoms with van der Waals surface area (Å²) < 4.78 is 11.4. The number of aromatic carboxylic acids is 1. The fraction of sp³-hybridized carbons (Fsp3) is 0.667. The number of furan rings is 1. The second kappa shape index (κ2) is 3.78. The first-order chi connectivity index (χ1) is 9.12. The van der Waals surface area contributed by atoms with E-state index < -0.39 is 5.97 Å². The van der Waals surface area contributed by atoms with Gasteiger partial charge in [-0.05, 0) is 62.3 Å². The van der Waals surface area contributed by atoms with E-state index in [1.807, 2.05) is 0 Å². The molecule has 4 aliphatic carbocycles. The predicted molar refractivity (Wildman–Crippen MR) is 67.2 cm³/mol. The molecule has 4 bridgehead atoms. The van der Waals surface area contributed by atoms with Gasteiger partial charge in [0.2, 0.25) is 5.76 Å². The smallest absolute Gasteiger partial charge is 0.371 e. The molecule has 0 aromatic carbocycles. The number of carboxylic acids is 1. The molecule has 4 saturated carbocycles. The summed E-state index contributed by atoms with van der Waals surface area (Å²) in [5, 5.41) is 8.88. The van der Waals surface area contributed by atoms with Gasteiger partial charge in [-0.3, -0.25) is 0 Å². The molecule has 0 aliphatic heterocycles. The molecule has 1 aromatic rings. The van der Waals surface area contributed by atoms with E-state index in [4.69, 9.17) is 14.3 Å². The Hall–Kier alpha value is -1.45. The molecule has 1 N–H and O–H groups in total. The van der Waals surface area contributed by atoms with Crippen LogP contribution in [0.4, 0.5) is 0 Å². The average Bonchev–Trinajstić information content (AvgIpc) is 2.74. The van der Waals surface area contributed by atoms with E-state index in [0.29, 0.717) is 5.95 Å². The van der Waals surface area contributed by atoms with Crippen molar-refractivity contribution in [1.29, 1.82) is 0 Å². The van der Waals surface area contributed by atoms with Crippen LogP contribution in [0.2, 0.25) is 0 Å². The highest BCUT2D eigenvalue weighted by Gasteiger charge is 2.52. The minimum atomic E-state index is -1.04. The molecule has 0 unspecified atom stereocenters. The zero-order chi connectivity index (χ0) is 13.0. The number of hydrogen-bond acceptors (Lipinski definition) is 3. The van der Waals surface area contributed by atoms with Crippen molar-refractivity contribution in [1.82, 2.24) is 0 Å². The summed E-state index contributed by atoms with van der Waals surface area (Å²) in [7, 11) is 0. The van der Waals surface area contributed by atoms with Crippen LogP contribution in [0.3, 0.4) is 0 Å². The van der Waals surface area contributed by atoms with Gasteiger partial charge in [-0.15, -0.1) is 0 Å². The first-order valence-electron chi connectivity index (χ1n) is 7.14. The maximum absolute atomic E-state index is 10.8. The summed E-state index contributed by atoms with van der Waals surface area (Å²) in [5.41, 5.74) is -0.0810. The fourth-order valence-corrected chi connectivity index (χ4v) is 4.86. The zero-order valence-electron chi connectivity index (χ0n) is 10.8. The Kier molecular flexibility index (Phi) is 2.26. The number of rotatable bonds is 3. The maximum Gasteiger partial charge on any atom is 0.371 e. The van der Waals surface area contributed by atoms with Gasteiger partial charge in [0.25, 0.3) is 5.95 Å². The van der Waals surface area contributed by atoms with Gasteiger partial charge in [-0.25, -0.2) is 4.79 Å². The van der Waals surface area contributed by atoms with Gasteiger partial charge < -0.3 is 14.3 Å². The van der Waals surface area contributed by atoms with Crippen LogP contribution in [-0.2, 0) is 0 Å². The third-order valence-electron chi connectivity index (χ3n) is 5.09. The average molecular weight is 262 g/mol. The Morgan fingerprint density at radius 3 is 2.21 bits per heavy atom. The van der Waals surface area contributed by atoms with Crippen LogP contribution < -0.4 is 4.74 Å². The van der Waals surface area contributed by atoms with Crippen LogP contribution in [-0.4, -0.2) is 16.7 Å². The summed E-state index contributed by atoms with van der Waals surface area (Å²) in [6.45, 7) is 0. The van der Waals surface area contributed by atoms with Crippen molar-refractivity contribution in [3.63, 3.8) is 0 Å². The van der Waals surface area contributed by atoms with Gasteiger partial charge in [0, 0.05) is 6.07 Å². The molecule has 1 aromatic heterocycles. The van der Waals surface area contributed by atoms with Crippen LogP contribution in [0.1, 0.15) is 49.1 Å². The molecule has 19 heavy (non-hydrogen) atoms. The summed E-state index contributed by atoms with van der Waals surface area (Å²) >= 11 is 0. The zero-order valence-corrected chi connectivity index (χ0v) is 10.8. The van der Waals surface area contributed by atoms with Crippen molar-refractivity contribution in [2.75, 3.05) is 0 Å². The van der Waals surface area contributed by atoms with E-state index in [1.165, 1.54) is 25.3 Å². The molecule has 0 saturated heterocycles. The molecule has 0 radical (unpaired) electrons. The van der Waals surface area contributed by atoms with Gasteiger partial charge in [0.05, 0.1) is 0 Å². The molecule has 4 aliphatic rings. The summed E-state index contributed by atoms with van der Waals surface area (Å²) in [6.07, 6.45) is 7.43. The van der Waals surface area contributed by atoms with Gasteiger partial charge in [-0.2, -0.15) is 0 Å². The van der Waals surface area contributed by atoms with Crippen LogP contribution in [0, 0.1) is 17.8 Å². The highest BCUT2D eigenvalue weighted by atomic mass is 16.6. The Labute approximate surface area is 111 Å². The van der Waals surface area contributed by atoms with Crippen LogP contribution >= 0.6 is 0 Å². The van der Waals surface area contributed by atoms with Crippen molar-refractivity contribution >= 4 is 5.97 Å². The minimum absolute atomic E-state index is 0.0419. The lowest BCUT2D eigenvalue weighted by Gasteiger charge is -2.55. The van der Waals surface area contributed by atoms with Crippen LogP contribution in [0.15, 0.2) is 16.5 Å². The first-order valence-corrected chi connectivity index (χ1v) is 7.14. The first kappa shape index (κ1) is 11.4. The molecule has 1 heterocycles. The molecule has 4 heteroatoms. The molecule has 102 valence electrons. The topological polar surface area (TPSA) is 59.7 Å². The Bertz CT molecular complexity index is 481. The summed E-state index contributed by atoms with van der Waals surface area (Å²) in [4.78, 5) is 10.8. The molecule has 0 atom stereocenters. The molecular formula is C15H18O4. The Morgan fingerprint density at radius 2 is 1.74 bits per heavy atom. The lowest BCUT2D eigenvalue weighted by atomic mass is 9.54. The van der Waals surface area contributed by atoms with Crippen molar-refractivity contribution in [3.05, 3.63) is 17.9 Å². The second-order valence-electron chi connectivity index (χ2n) is 6.63. The van der Waals surface area contributed by atoms with Crippen molar-refractivity contribution in [2.45, 2.75) is 44.1 Å². The van der Waals surface area contributed by atoms with E-state index >= 15 is 0 Å². The Morgan fingerprint density at radius 1 is 1.16 bits per heavy atom. The number of ether oxygens (including phenoxy) is 1. The monoisotopic (exact) mass is 262 g/mol. The van der Waals surface area contributed by atoms with Crippen LogP contribution in [0.5, 0.6) is 5.95 Å². The van der Waals surface area contributed by atoms with Crippen molar-refractivity contribution in [3.8, 4) is 5.95 Å². The van der Waals surface area contributed by atoms with E-state index in [0.717, 1.165) is 37.0 Å². The normalized spacial score (nSPS) is 39.5. The van der Waals surface area contributed by atoms with Gasteiger partial charge in [0.15, 0.2) is 0 Å². The van der Waals surface area contributed by atoms with Gasteiger partial charge in [-0.1, -0.05) is 0 Å². The lowest BCUT2D eigenvalue weighted by molar-refractivity contribution is -0.116. The molecule has 0 spiro atoms. The maximum atomic E-state index is 10.8. The number of carboxylic acid groups (broad SMARTS) is 1. The van der Waals surface area contributed by atoms with E-state index in [-0.39, 0.29) is 11.4 Å². The summed E-state index contributed by atoms with van der Waals surface area (Å²) in [5.74, 6) is 1.71. The van der Waals surface area contributed by atoms with Gasteiger partial charge in [0.1, 0.15) is 5.60 Å². The molecule has 5 rings (SSSR count).